The third-order valence-corrected chi connectivity index (χ3v) is 3.24. The van der Waals surface area contributed by atoms with E-state index in [0.717, 1.165) is 17.9 Å². The maximum atomic E-state index is 11.2. The normalized spacial score (nSPS) is 11.9. The van der Waals surface area contributed by atoms with Crippen molar-refractivity contribution < 1.29 is 14.3 Å². The Kier molecular flexibility index (Phi) is 9.95. The zero-order chi connectivity index (χ0) is 13.1. The molecule has 0 aromatic rings. The molecule has 1 atom stereocenters. The number of rotatable bonds is 9. The highest BCUT2D eigenvalue weighted by molar-refractivity contribution is 7.99. The van der Waals surface area contributed by atoms with Gasteiger partial charge in [0.15, 0.2) is 0 Å². The molecule has 0 rings (SSSR count). The van der Waals surface area contributed by atoms with Gasteiger partial charge in [-0.05, 0) is 31.3 Å². The Hall–Kier alpha value is -0.750. The van der Waals surface area contributed by atoms with E-state index in [1.54, 1.807) is 25.7 Å². The van der Waals surface area contributed by atoms with E-state index < -0.39 is 6.04 Å². The lowest BCUT2D eigenvalue weighted by Gasteiger charge is -2.09. The van der Waals surface area contributed by atoms with Crippen LogP contribution in [0.15, 0.2) is 0 Å². The molecule has 0 spiro atoms. The topological polar surface area (TPSA) is 81.4 Å². The van der Waals surface area contributed by atoms with Gasteiger partial charge in [0.2, 0.25) is 5.91 Å². The third kappa shape index (κ3) is 9.00. The lowest BCUT2D eigenvalue weighted by atomic mass is 10.2. The molecule has 100 valence electrons. The van der Waals surface area contributed by atoms with Crippen LogP contribution in [0.4, 0.5) is 0 Å². The molecule has 0 aromatic heterocycles. The van der Waals surface area contributed by atoms with Crippen molar-refractivity contribution in [2.45, 2.75) is 32.2 Å². The number of nitrogens with one attached hydrogen (secondary N) is 1. The molecule has 0 radical (unpaired) electrons. The highest BCUT2D eigenvalue weighted by atomic mass is 32.2. The van der Waals surface area contributed by atoms with Crippen molar-refractivity contribution in [3.8, 4) is 0 Å². The van der Waals surface area contributed by atoms with Crippen LogP contribution in [-0.2, 0) is 14.3 Å². The Morgan fingerprint density at radius 1 is 1.41 bits per heavy atom. The largest absolute Gasteiger partial charge is 0.465 e. The van der Waals surface area contributed by atoms with Crippen LogP contribution in [0, 0.1) is 0 Å². The van der Waals surface area contributed by atoms with E-state index >= 15 is 0 Å². The first kappa shape index (κ1) is 16.2. The van der Waals surface area contributed by atoms with Crippen LogP contribution in [0.5, 0.6) is 0 Å². The highest BCUT2D eigenvalue weighted by Gasteiger charge is 2.13. The predicted molar refractivity (Wildman–Crippen MR) is 69.9 cm³/mol. The Balaban J connectivity index is 3.39. The fourth-order valence-electron chi connectivity index (χ4n) is 1.14. The number of hydrogen-bond donors (Lipinski definition) is 2. The molecule has 6 heteroatoms. The fourth-order valence-corrected chi connectivity index (χ4v) is 2.11. The minimum absolute atomic E-state index is 0.0637. The van der Waals surface area contributed by atoms with Crippen LogP contribution in [0.25, 0.3) is 0 Å². The summed E-state index contributed by atoms with van der Waals surface area (Å²) in [5.74, 6) is 1.45. The van der Waals surface area contributed by atoms with Gasteiger partial charge >= 0.3 is 5.97 Å². The molecular weight excluding hydrogens is 240 g/mol. The molecule has 0 aliphatic carbocycles. The monoisotopic (exact) mass is 262 g/mol. The summed E-state index contributed by atoms with van der Waals surface area (Å²) in [5, 5.41) is 2.57. The Morgan fingerprint density at radius 3 is 2.71 bits per heavy atom. The van der Waals surface area contributed by atoms with Gasteiger partial charge in [-0.15, -0.1) is 0 Å². The minimum atomic E-state index is -0.526. The maximum absolute atomic E-state index is 11.2. The second-order valence-corrected chi connectivity index (χ2v) is 4.76. The van der Waals surface area contributed by atoms with Crippen LogP contribution in [0.3, 0.4) is 0 Å². The molecule has 0 aliphatic heterocycles. The number of hydrogen-bond acceptors (Lipinski definition) is 5. The Bertz CT molecular complexity index is 237. The number of esters is 1. The van der Waals surface area contributed by atoms with E-state index in [1.165, 1.54) is 0 Å². The average molecular weight is 262 g/mol. The average Bonchev–Trinajstić information content (AvgIpc) is 2.33. The van der Waals surface area contributed by atoms with Gasteiger partial charge in [-0.25, -0.2) is 0 Å². The number of nitrogens with two attached hydrogens (primary N) is 1. The first-order valence-corrected chi connectivity index (χ1v) is 6.97. The van der Waals surface area contributed by atoms with Crippen LogP contribution in [-0.4, -0.2) is 43.1 Å². The first-order valence-electron chi connectivity index (χ1n) is 5.82. The summed E-state index contributed by atoms with van der Waals surface area (Å²) in [5.41, 5.74) is 5.64. The quantitative estimate of drug-likeness (QED) is 0.468. The van der Waals surface area contributed by atoms with E-state index in [2.05, 4.69) is 5.32 Å². The van der Waals surface area contributed by atoms with Crippen molar-refractivity contribution in [3.63, 3.8) is 0 Å². The first-order chi connectivity index (χ1) is 8.11. The second-order valence-electron chi connectivity index (χ2n) is 3.54. The molecule has 17 heavy (non-hydrogen) atoms. The number of carbonyl (C=O) groups is 2. The van der Waals surface area contributed by atoms with Crippen LogP contribution in [0.2, 0.25) is 0 Å². The smallest absolute Gasteiger partial charge is 0.322 e. The van der Waals surface area contributed by atoms with Crippen molar-refractivity contribution in [1.29, 1.82) is 0 Å². The van der Waals surface area contributed by atoms with E-state index in [0.29, 0.717) is 19.4 Å². The van der Waals surface area contributed by atoms with Crippen molar-refractivity contribution in [1.82, 2.24) is 5.32 Å². The molecule has 5 nitrogen and oxygen atoms in total. The van der Waals surface area contributed by atoms with Gasteiger partial charge in [-0.3, -0.25) is 9.59 Å². The maximum Gasteiger partial charge on any atom is 0.322 e. The number of ether oxygens (including phenoxy) is 1. The second kappa shape index (κ2) is 10.4. The summed E-state index contributed by atoms with van der Waals surface area (Å²) in [6.07, 6.45) is 2.01. The van der Waals surface area contributed by atoms with Gasteiger partial charge in [-0.1, -0.05) is 0 Å². The van der Waals surface area contributed by atoms with Crippen LogP contribution >= 0.6 is 11.8 Å². The van der Waals surface area contributed by atoms with Crippen LogP contribution < -0.4 is 11.1 Å². The molecule has 0 saturated carbocycles. The van der Waals surface area contributed by atoms with Gasteiger partial charge in [0.25, 0.3) is 0 Å². The molecule has 0 bridgehead atoms. The molecule has 0 saturated heterocycles. The van der Waals surface area contributed by atoms with Gasteiger partial charge in [0, 0.05) is 13.5 Å². The van der Waals surface area contributed by atoms with Crippen molar-refractivity contribution >= 4 is 23.6 Å². The summed E-state index contributed by atoms with van der Waals surface area (Å²) < 4.78 is 4.80. The molecular formula is C11H22N2O3S. The summed E-state index contributed by atoms with van der Waals surface area (Å²) >= 11 is 1.70. The summed E-state index contributed by atoms with van der Waals surface area (Å²) in [6, 6.07) is -0.526. The highest BCUT2D eigenvalue weighted by Crippen LogP contribution is 2.08. The third-order valence-electron chi connectivity index (χ3n) is 2.13. The summed E-state index contributed by atoms with van der Waals surface area (Å²) in [6.45, 7) is 2.13. The van der Waals surface area contributed by atoms with Gasteiger partial charge in [0.05, 0.1) is 6.61 Å². The molecule has 1 amide bonds. The summed E-state index contributed by atoms with van der Waals surface area (Å²) in [4.78, 5) is 22.1. The Morgan fingerprint density at radius 2 is 2.12 bits per heavy atom. The molecule has 0 aromatic carbocycles. The van der Waals surface area contributed by atoms with Gasteiger partial charge in [0.1, 0.15) is 6.04 Å². The molecule has 3 N–H and O–H groups in total. The molecule has 1 unspecified atom stereocenters. The zero-order valence-electron chi connectivity index (χ0n) is 10.5. The zero-order valence-corrected chi connectivity index (χ0v) is 11.3. The van der Waals surface area contributed by atoms with Gasteiger partial charge in [-0.2, -0.15) is 11.8 Å². The lowest BCUT2D eigenvalue weighted by molar-refractivity contribution is -0.144. The van der Waals surface area contributed by atoms with Crippen molar-refractivity contribution in [2.75, 3.05) is 25.2 Å². The SMILES string of the molecule is CCOC(=O)C(N)CCSCCCC(=O)NC. The molecule has 0 fully saturated rings. The van der Waals surface area contributed by atoms with E-state index in [4.69, 9.17) is 10.5 Å². The fraction of sp³-hybridized carbons (Fsp3) is 0.818. The standard InChI is InChI=1S/C11H22N2O3S/c1-3-16-11(15)9(12)6-8-17-7-4-5-10(14)13-2/h9H,3-8,12H2,1-2H3,(H,13,14). The van der Waals surface area contributed by atoms with E-state index in [1.807, 2.05) is 0 Å². The van der Waals surface area contributed by atoms with Crippen molar-refractivity contribution in [3.05, 3.63) is 0 Å². The van der Waals surface area contributed by atoms with E-state index in [9.17, 15) is 9.59 Å². The lowest BCUT2D eigenvalue weighted by Crippen LogP contribution is -2.32. The van der Waals surface area contributed by atoms with Gasteiger partial charge < -0.3 is 15.8 Å². The van der Waals surface area contributed by atoms with E-state index in [-0.39, 0.29) is 11.9 Å². The molecule has 0 aliphatic rings. The predicted octanol–water partition coefficient (Wildman–Crippen LogP) is 0.526. The number of carbonyl (C=O) groups excluding carboxylic acids is 2. The minimum Gasteiger partial charge on any atom is -0.465 e. The summed E-state index contributed by atoms with van der Waals surface area (Å²) in [7, 11) is 1.63. The van der Waals surface area contributed by atoms with Crippen molar-refractivity contribution in [2.24, 2.45) is 5.73 Å². The van der Waals surface area contributed by atoms with Crippen LogP contribution in [0.1, 0.15) is 26.2 Å². The Labute approximate surface area is 107 Å². The number of thioether (sulfide) groups is 1. The molecule has 0 heterocycles. The number of amides is 1.